The Morgan fingerprint density at radius 1 is 0.793 bits per heavy atom. The average Bonchev–Trinajstić information content (AvgIpc) is 3.16. The number of H-pyrrole nitrogens is 1. The number of unbranched alkanes of at least 4 members (excludes halogenated alkanes) is 8. The van der Waals surface area contributed by atoms with E-state index in [4.69, 9.17) is 0 Å². The number of hydrogen-bond acceptors (Lipinski definition) is 1. The van der Waals surface area contributed by atoms with E-state index in [2.05, 4.69) is 72.0 Å². The minimum absolute atomic E-state index is 1.07. The zero-order valence-corrected chi connectivity index (χ0v) is 18.6. The molecule has 0 aliphatic heterocycles. The van der Waals surface area contributed by atoms with Crippen molar-refractivity contribution in [2.45, 2.75) is 84.0 Å². The first-order valence-electron chi connectivity index (χ1n) is 12.0. The highest BCUT2D eigenvalue weighted by Crippen LogP contribution is 2.17. The summed E-state index contributed by atoms with van der Waals surface area (Å²) < 4.78 is 0. The van der Waals surface area contributed by atoms with Crippen molar-refractivity contribution < 1.29 is 0 Å². The lowest BCUT2D eigenvalue weighted by atomic mass is 10.1. The van der Waals surface area contributed by atoms with E-state index in [9.17, 15) is 0 Å². The van der Waals surface area contributed by atoms with Gasteiger partial charge < -0.3 is 10.3 Å². The maximum atomic E-state index is 3.60. The van der Waals surface area contributed by atoms with E-state index < -0.39 is 0 Å². The van der Waals surface area contributed by atoms with Crippen molar-refractivity contribution in [2.75, 3.05) is 13.1 Å². The van der Waals surface area contributed by atoms with Gasteiger partial charge in [0, 0.05) is 17.1 Å². The van der Waals surface area contributed by atoms with Gasteiger partial charge in [-0.15, -0.1) is 0 Å². The summed E-state index contributed by atoms with van der Waals surface area (Å²) in [6.45, 7) is 4.48. The van der Waals surface area contributed by atoms with Crippen molar-refractivity contribution in [3.8, 4) is 0 Å². The second kappa shape index (κ2) is 16.0. The van der Waals surface area contributed by atoms with Gasteiger partial charge in [0.25, 0.3) is 0 Å². The van der Waals surface area contributed by atoms with E-state index in [0.717, 1.165) is 25.9 Å². The fourth-order valence-electron chi connectivity index (χ4n) is 3.75. The van der Waals surface area contributed by atoms with Crippen LogP contribution in [0.3, 0.4) is 0 Å². The highest BCUT2D eigenvalue weighted by atomic mass is 14.8. The standard InChI is InChI=1S/C27H42N2/c1-2-3-4-5-6-7-8-9-10-11-12-13-14-15-18-22-28-23-21-25-24-29-27-20-17-16-19-26(25)27/h6-7,9-10,16-17,19-20,24,28-29H,2-5,8,11-15,18,21-23H2,1H3/b7-6?,10-9-. The molecule has 0 amide bonds. The number of rotatable bonds is 17. The quantitative estimate of drug-likeness (QED) is 0.208. The molecule has 2 N–H and O–H groups in total. The van der Waals surface area contributed by atoms with Gasteiger partial charge >= 0.3 is 0 Å². The summed E-state index contributed by atoms with van der Waals surface area (Å²) in [5.41, 5.74) is 2.67. The molecular formula is C27H42N2. The smallest absolute Gasteiger partial charge is 0.0456 e. The normalized spacial score (nSPS) is 12.0. The van der Waals surface area contributed by atoms with E-state index >= 15 is 0 Å². The van der Waals surface area contributed by atoms with Crippen molar-refractivity contribution >= 4 is 10.9 Å². The van der Waals surface area contributed by atoms with Crippen LogP contribution in [0.15, 0.2) is 54.8 Å². The molecule has 0 spiro atoms. The highest BCUT2D eigenvalue weighted by molar-refractivity contribution is 5.83. The van der Waals surface area contributed by atoms with Crippen molar-refractivity contribution in [3.05, 3.63) is 60.3 Å². The highest BCUT2D eigenvalue weighted by Gasteiger charge is 2.01. The number of para-hydroxylation sites is 1. The van der Waals surface area contributed by atoms with Gasteiger partial charge in [0.1, 0.15) is 0 Å². The van der Waals surface area contributed by atoms with Gasteiger partial charge in [-0.3, -0.25) is 0 Å². The number of allylic oxidation sites excluding steroid dienone is 4. The molecule has 160 valence electrons. The molecule has 0 radical (unpaired) electrons. The molecule has 1 heterocycles. The van der Waals surface area contributed by atoms with Crippen LogP contribution in [0.2, 0.25) is 0 Å². The first kappa shape index (κ1) is 23.5. The van der Waals surface area contributed by atoms with E-state index in [1.54, 1.807) is 0 Å². The number of nitrogens with one attached hydrogen (secondary N) is 2. The van der Waals surface area contributed by atoms with E-state index in [1.165, 1.54) is 80.7 Å². The molecule has 1 aromatic carbocycles. The van der Waals surface area contributed by atoms with Crippen LogP contribution >= 0.6 is 0 Å². The molecule has 29 heavy (non-hydrogen) atoms. The number of fused-ring (bicyclic) bond motifs is 1. The first-order chi connectivity index (χ1) is 14.4. The number of benzene rings is 1. The van der Waals surface area contributed by atoms with Crippen molar-refractivity contribution in [3.63, 3.8) is 0 Å². The van der Waals surface area contributed by atoms with Crippen LogP contribution in [0.4, 0.5) is 0 Å². The minimum atomic E-state index is 1.07. The Bertz CT molecular complexity index is 695. The Morgan fingerprint density at radius 2 is 1.52 bits per heavy atom. The predicted octanol–water partition coefficient (Wildman–Crippen LogP) is 7.72. The van der Waals surface area contributed by atoms with Crippen LogP contribution in [-0.2, 0) is 6.42 Å². The molecule has 0 atom stereocenters. The largest absolute Gasteiger partial charge is 0.361 e. The second-order valence-corrected chi connectivity index (χ2v) is 8.09. The molecule has 0 bridgehead atoms. The van der Waals surface area contributed by atoms with Crippen LogP contribution in [0.1, 0.15) is 83.1 Å². The molecule has 0 aliphatic rings. The summed E-state index contributed by atoms with van der Waals surface area (Å²) in [6.07, 6.45) is 27.0. The predicted molar refractivity (Wildman–Crippen MR) is 130 cm³/mol. The zero-order chi connectivity index (χ0) is 20.4. The van der Waals surface area contributed by atoms with E-state index in [1.807, 2.05) is 0 Å². The third kappa shape index (κ3) is 10.5. The molecule has 0 fully saturated rings. The lowest BCUT2D eigenvalue weighted by Crippen LogP contribution is -2.18. The average molecular weight is 395 g/mol. The van der Waals surface area contributed by atoms with Crippen LogP contribution in [0, 0.1) is 0 Å². The van der Waals surface area contributed by atoms with Crippen LogP contribution in [-0.4, -0.2) is 18.1 Å². The lowest BCUT2D eigenvalue weighted by Gasteiger charge is -2.04. The third-order valence-electron chi connectivity index (χ3n) is 5.55. The maximum absolute atomic E-state index is 3.60. The van der Waals surface area contributed by atoms with Gasteiger partial charge in [0.2, 0.25) is 0 Å². The molecule has 0 aliphatic carbocycles. The molecule has 0 unspecified atom stereocenters. The molecule has 2 heteroatoms. The Balaban J connectivity index is 1.35. The molecule has 2 aromatic rings. The van der Waals surface area contributed by atoms with Gasteiger partial charge in [-0.25, -0.2) is 0 Å². The molecule has 0 saturated carbocycles. The Labute approximate surface area is 178 Å². The summed E-state index contributed by atoms with van der Waals surface area (Å²) in [7, 11) is 0. The molecule has 2 nitrogen and oxygen atoms in total. The Kier molecular flexibility index (Phi) is 13.0. The van der Waals surface area contributed by atoms with Gasteiger partial charge in [-0.05, 0) is 69.7 Å². The van der Waals surface area contributed by atoms with Crippen molar-refractivity contribution in [1.29, 1.82) is 0 Å². The summed E-state index contributed by atoms with van der Waals surface area (Å²) in [5.74, 6) is 0. The monoisotopic (exact) mass is 394 g/mol. The van der Waals surface area contributed by atoms with Gasteiger partial charge in [0.15, 0.2) is 0 Å². The third-order valence-corrected chi connectivity index (χ3v) is 5.55. The summed E-state index contributed by atoms with van der Waals surface area (Å²) in [5, 5.41) is 4.97. The Morgan fingerprint density at radius 3 is 2.34 bits per heavy atom. The first-order valence-corrected chi connectivity index (χ1v) is 12.0. The van der Waals surface area contributed by atoms with Crippen LogP contribution in [0.25, 0.3) is 10.9 Å². The van der Waals surface area contributed by atoms with Crippen LogP contribution in [0.5, 0.6) is 0 Å². The fraction of sp³-hybridized carbons (Fsp3) is 0.556. The molecule has 1 aromatic heterocycles. The molecule has 2 rings (SSSR count). The number of aromatic nitrogens is 1. The van der Waals surface area contributed by atoms with Gasteiger partial charge in [-0.2, -0.15) is 0 Å². The summed E-state index contributed by atoms with van der Waals surface area (Å²) in [6, 6.07) is 8.57. The van der Waals surface area contributed by atoms with E-state index in [-0.39, 0.29) is 0 Å². The topological polar surface area (TPSA) is 27.8 Å². The minimum Gasteiger partial charge on any atom is -0.361 e. The van der Waals surface area contributed by atoms with Gasteiger partial charge in [-0.1, -0.05) is 81.5 Å². The molecule has 0 saturated heterocycles. The SMILES string of the molecule is CCCCCC=CC/C=C\CCCCCCCNCCc1c[nH]c2ccccc12. The van der Waals surface area contributed by atoms with E-state index in [0.29, 0.717) is 0 Å². The van der Waals surface area contributed by atoms with Crippen molar-refractivity contribution in [1.82, 2.24) is 10.3 Å². The van der Waals surface area contributed by atoms with Gasteiger partial charge in [0.05, 0.1) is 0 Å². The summed E-state index contributed by atoms with van der Waals surface area (Å²) >= 11 is 0. The zero-order valence-electron chi connectivity index (χ0n) is 18.6. The lowest BCUT2D eigenvalue weighted by molar-refractivity contribution is 0.578. The number of hydrogen-bond donors (Lipinski definition) is 2. The fourth-order valence-corrected chi connectivity index (χ4v) is 3.75. The second-order valence-electron chi connectivity index (χ2n) is 8.09. The van der Waals surface area contributed by atoms with Crippen LogP contribution < -0.4 is 5.32 Å². The summed E-state index contributed by atoms with van der Waals surface area (Å²) in [4.78, 5) is 3.36. The van der Waals surface area contributed by atoms with Crippen molar-refractivity contribution in [2.24, 2.45) is 0 Å². The Hall–Kier alpha value is -1.80. The number of aromatic amines is 1. The maximum Gasteiger partial charge on any atom is 0.0456 e. The molecular weight excluding hydrogens is 352 g/mol.